The number of benzene rings is 3. The maximum absolute atomic E-state index is 13.3. The van der Waals surface area contributed by atoms with Gasteiger partial charge in [-0.05, 0) is 68.4 Å². The first kappa shape index (κ1) is 23.9. The zero-order chi connectivity index (χ0) is 24.2. The number of anilines is 2. The van der Waals surface area contributed by atoms with Crippen LogP contribution in [-0.2, 0) is 19.6 Å². The van der Waals surface area contributed by atoms with Gasteiger partial charge in [0.25, 0.3) is 15.9 Å². The number of sulfonamides is 1. The molecule has 1 atom stereocenters. The molecule has 3 aromatic carbocycles. The van der Waals surface area contributed by atoms with Gasteiger partial charge in [-0.2, -0.15) is 0 Å². The van der Waals surface area contributed by atoms with Crippen molar-refractivity contribution in [3.8, 4) is 0 Å². The van der Waals surface area contributed by atoms with Gasteiger partial charge in [0, 0.05) is 11.4 Å². The third kappa shape index (κ3) is 6.13. The van der Waals surface area contributed by atoms with Crippen molar-refractivity contribution in [2.24, 2.45) is 0 Å². The fourth-order valence-electron chi connectivity index (χ4n) is 2.70. The second-order valence-electron chi connectivity index (χ2n) is 7.16. The van der Waals surface area contributed by atoms with E-state index in [4.69, 9.17) is 4.74 Å². The molecule has 0 fully saturated rings. The third-order valence-electron chi connectivity index (χ3n) is 4.55. The van der Waals surface area contributed by atoms with E-state index in [1.165, 1.54) is 31.2 Å². The van der Waals surface area contributed by atoms with Crippen LogP contribution in [0.15, 0.2) is 71.6 Å². The zero-order valence-corrected chi connectivity index (χ0v) is 18.5. The number of nitrogens with one attached hydrogen (secondary N) is 2. The van der Waals surface area contributed by atoms with E-state index in [0.717, 1.165) is 11.6 Å². The van der Waals surface area contributed by atoms with E-state index in [-0.39, 0.29) is 11.3 Å². The third-order valence-corrected chi connectivity index (χ3v) is 5.93. The number of hydrogen-bond donors (Lipinski definition) is 2. The van der Waals surface area contributed by atoms with Crippen molar-refractivity contribution in [3.63, 3.8) is 0 Å². The van der Waals surface area contributed by atoms with Crippen LogP contribution in [0.25, 0.3) is 0 Å². The number of halogens is 2. The molecule has 0 saturated carbocycles. The normalized spacial score (nSPS) is 12.0. The molecule has 10 heteroatoms. The first-order chi connectivity index (χ1) is 15.5. The van der Waals surface area contributed by atoms with Crippen molar-refractivity contribution < 1.29 is 31.5 Å². The molecule has 0 aliphatic heterocycles. The van der Waals surface area contributed by atoms with Crippen LogP contribution >= 0.6 is 0 Å². The summed E-state index contributed by atoms with van der Waals surface area (Å²) in [6, 6.07) is 14.5. The van der Waals surface area contributed by atoms with Gasteiger partial charge in [0.1, 0.15) is 0 Å². The number of rotatable bonds is 7. The van der Waals surface area contributed by atoms with Crippen LogP contribution in [0, 0.1) is 18.6 Å². The Bertz CT molecular complexity index is 1280. The van der Waals surface area contributed by atoms with E-state index in [2.05, 4.69) is 10.0 Å². The van der Waals surface area contributed by atoms with Crippen molar-refractivity contribution >= 4 is 33.3 Å². The van der Waals surface area contributed by atoms with Crippen molar-refractivity contribution in [2.45, 2.75) is 24.8 Å². The summed E-state index contributed by atoms with van der Waals surface area (Å²) in [5.74, 6) is -3.75. The van der Waals surface area contributed by atoms with E-state index < -0.39 is 44.5 Å². The fraction of sp³-hybridized carbons (Fsp3) is 0.130. The predicted molar refractivity (Wildman–Crippen MR) is 118 cm³/mol. The molecule has 33 heavy (non-hydrogen) atoms. The Morgan fingerprint density at radius 1 is 0.879 bits per heavy atom. The molecule has 3 aromatic rings. The lowest BCUT2D eigenvalue weighted by Crippen LogP contribution is -2.30. The smallest absolute Gasteiger partial charge is 0.338 e. The molecular weight excluding hydrogens is 454 g/mol. The molecule has 0 aliphatic carbocycles. The largest absolute Gasteiger partial charge is 0.449 e. The standard InChI is InChI=1S/C23H20F2N2O5S/c1-14-3-7-17(8-4-14)26-22(28)15(2)32-23(29)16-5-9-18(10-6-16)27-33(30,31)19-11-12-20(24)21(25)13-19/h3-13,15,27H,1-2H3,(H,26,28)/t15-/m0/s1. The molecule has 0 saturated heterocycles. The van der Waals surface area contributed by atoms with E-state index in [0.29, 0.717) is 17.8 Å². The Hall–Kier alpha value is -3.79. The van der Waals surface area contributed by atoms with Gasteiger partial charge in [0.05, 0.1) is 10.5 Å². The predicted octanol–water partition coefficient (Wildman–Crippen LogP) is 4.26. The van der Waals surface area contributed by atoms with Gasteiger partial charge in [0.15, 0.2) is 17.7 Å². The summed E-state index contributed by atoms with van der Waals surface area (Å²) in [4.78, 5) is 24.1. The second-order valence-corrected chi connectivity index (χ2v) is 8.84. The van der Waals surface area contributed by atoms with Crippen LogP contribution in [0.5, 0.6) is 0 Å². The second kappa shape index (κ2) is 9.78. The molecule has 0 unspecified atom stereocenters. The summed E-state index contributed by atoms with van der Waals surface area (Å²) >= 11 is 0. The maximum atomic E-state index is 13.3. The average Bonchev–Trinajstić information content (AvgIpc) is 2.77. The Balaban J connectivity index is 1.61. The Morgan fingerprint density at radius 2 is 1.48 bits per heavy atom. The van der Waals surface area contributed by atoms with Crippen LogP contribution in [0.1, 0.15) is 22.8 Å². The molecule has 3 rings (SSSR count). The quantitative estimate of drug-likeness (QED) is 0.499. The fourth-order valence-corrected chi connectivity index (χ4v) is 3.77. The highest BCUT2D eigenvalue weighted by molar-refractivity contribution is 7.92. The number of esters is 1. The minimum Gasteiger partial charge on any atom is -0.449 e. The van der Waals surface area contributed by atoms with Gasteiger partial charge in [-0.15, -0.1) is 0 Å². The Morgan fingerprint density at radius 3 is 2.09 bits per heavy atom. The summed E-state index contributed by atoms with van der Waals surface area (Å²) < 4.78 is 58.4. The molecule has 0 radical (unpaired) electrons. The SMILES string of the molecule is Cc1ccc(NC(=O)[C@H](C)OC(=O)c2ccc(NS(=O)(=O)c3ccc(F)c(F)c3)cc2)cc1. The molecule has 0 spiro atoms. The minimum absolute atomic E-state index is 0.0840. The summed E-state index contributed by atoms with van der Waals surface area (Å²) in [6.45, 7) is 3.33. The summed E-state index contributed by atoms with van der Waals surface area (Å²) in [6.07, 6.45) is -1.08. The first-order valence-corrected chi connectivity index (χ1v) is 11.2. The lowest BCUT2D eigenvalue weighted by Gasteiger charge is -2.14. The highest BCUT2D eigenvalue weighted by Gasteiger charge is 2.20. The van der Waals surface area contributed by atoms with Gasteiger partial charge in [-0.1, -0.05) is 17.7 Å². The van der Waals surface area contributed by atoms with Gasteiger partial charge in [-0.3, -0.25) is 9.52 Å². The van der Waals surface area contributed by atoms with E-state index in [9.17, 15) is 26.8 Å². The van der Waals surface area contributed by atoms with Crippen LogP contribution in [0.4, 0.5) is 20.2 Å². The van der Waals surface area contributed by atoms with Crippen molar-refractivity contribution in [2.75, 3.05) is 10.0 Å². The number of carbonyl (C=O) groups is 2. The molecule has 2 N–H and O–H groups in total. The molecule has 0 heterocycles. The summed E-state index contributed by atoms with van der Waals surface area (Å²) in [5.41, 5.74) is 1.76. The van der Waals surface area contributed by atoms with E-state index in [1.807, 2.05) is 19.1 Å². The van der Waals surface area contributed by atoms with Crippen LogP contribution < -0.4 is 10.0 Å². The molecule has 7 nitrogen and oxygen atoms in total. The molecular formula is C23H20F2N2O5S. The van der Waals surface area contributed by atoms with Crippen LogP contribution in [0.2, 0.25) is 0 Å². The van der Waals surface area contributed by atoms with Crippen molar-refractivity contribution in [1.82, 2.24) is 0 Å². The van der Waals surface area contributed by atoms with E-state index >= 15 is 0 Å². The van der Waals surface area contributed by atoms with Crippen molar-refractivity contribution in [1.29, 1.82) is 0 Å². The Kier molecular flexibility index (Phi) is 7.07. The number of aryl methyl sites for hydroxylation is 1. The number of hydrogen-bond acceptors (Lipinski definition) is 5. The van der Waals surface area contributed by atoms with Gasteiger partial charge in [0.2, 0.25) is 0 Å². The molecule has 172 valence electrons. The molecule has 1 amide bonds. The maximum Gasteiger partial charge on any atom is 0.338 e. The van der Waals surface area contributed by atoms with Crippen LogP contribution in [-0.4, -0.2) is 26.4 Å². The number of ether oxygens (including phenoxy) is 1. The molecule has 0 bridgehead atoms. The summed E-state index contributed by atoms with van der Waals surface area (Å²) in [7, 11) is -4.17. The number of amides is 1. The lowest BCUT2D eigenvalue weighted by atomic mass is 10.2. The molecule has 0 aromatic heterocycles. The number of carbonyl (C=O) groups excluding carboxylic acids is 2. The lowest BCUT2D eigenvalue weighted by molar-refractivity contribution is -0.123. The first-order valence-electron chi connectivity index (χ1n) is 9.71. The van der Waals surface area contributed by atoms with Crippen molar-refractivity contribution in [3.05, 3.63) is 89.5 Å². The molecule has 0 aliphatic rings. The average molecular weight is 474 g/mol. The van der Waals surface area contributed by atoms with E-state index in [1.54, 1.807) is 12.1 Å². The zero-order valence-electron chi connectivity index (χ0n) is 17.6. The Labute approximate surface area is 189 Å². The monoisotopic (exact) mass is 474 g/mol. The van der Waals surface area contributed by atoms with Gasteiger partial charge in [-0.25, -0.2) is 22.0 Å². The van der Waals surface area contributed by atoms with Crippen LogP contribution in [0.3, 0.4) is 0 Å². The summed E-state index contributed by atoms with van der Waals surface area (Å²) in [5, 5.41) is 2.64. The van der Waals surface area contributed by atoms with Gasteiger partial charge < -0.3 is 10.1 Å². The van der Waals surface area contributed by atoms with Gasteiger partial charge >= 0.3 is 5.97 Å². The minimum atomic E-state index is -4.17. The topological polar surface area (TPSA) is 102 Å². The highest BCUT2D eigenvalue weighted by Crippen LogP contribution is 2.19. The highest BCUT2D eigenvalue weighted by atomic mass is 32.2.